The van der Waals surface area contributed by atoms with Crippen LogP contribution in [0, 0.1) is 0 Å². The Morgan fingerprint density at radius 2 is 1.91 bits per heavy atom. The van der Waals surface area contributed by atoms with Gasteiger partial charge in [0.2, 0.25) is 5.82 Å². The first-order valence-corrected chi connectivity index (χ1v) is 9.97. The van der Waals surface area contributed by atoms with Crippen molar-refractivity contribution in [1.82, 2.24) is 25.2 Å². The van der Waals surface area contributed by atoms with E-state index in [1.165, 1.54) is 6.07 Å². The van der Waals surface area contributed by atoms with E-state index in [2.05, 4.69) is 15.2 Å². The Bertz CT molecular complexity index is 1300. The summed E-state index contributed by atoms with van der Waals surface area (Å²) in [6.07, 6.45) is -6.02. The summed E-state index contributed by atoms with van der Waals surface area (Å²) in [5.41, 5.74) is 1.12. The number of hydrogen-bond acceptors (Lipinski definition) is 6. The lowest BCUT2D eigenvalue weighted by Gasteiger charge is -2.14. The Hall–Kier alpha value is -4.35. The second-order valence-electron chi connectivity index (χ2n) is 7.12. The van der Waals surface area contributed by atoms with Crippen LogP contribution < -0.4 is 10.1 Å². The van der Waals surface area contributed by atoms with Crippen LogP contribution in [0.4, 0.5) is 18.0 Å². The van der Waals surface area contributed by atoms with Crippen molar-refractivity contribution in [1.29, 1.82) is 0 Å². The van der Waals surface area contributed by atoms with Gasteiger partial charge >= 0.3 is 12.3 Å². The van der Waals surface area contributed by atoms with E-state index in [4.69, 9.17) is 14.4 Å². The van der Waals surface area contributed by atoms with Gasteiger partial charge in [-0.1, -0.05) is 35.5 Å². The zero-order chi connectivity index (χ0) is 24.3. The van der Waals surface area contributed by atoms with Crippen LogP contribution in [0.1, 0.15) is 5.56 Å². The van der Waals surface area contributed by atoms with Crippen molar-refractivity contribution in [2.24, 2.45) is 7.05 Å². The summed E-state index contributed by atoms with van der Waals surface area (Å²) in [4.78, 5) is 14.7. The number of carbonyl (C=O) groups is 1. The molecule has 0 unspecified atom stereocenters. The van der Waals surface area contributed by atoms with E-state index in [-0.39, 0.29) is 30.4 Å². The van der Waals surface area contributed by atoms with Gasteiger partial charge in [-0.3, -0.25) is 4.68 Å². The number of aryl methyl sites for hydroxylation is 1. The topological polar surface area (TPSA) is 115 Å². The second kappa shape index (κ2) is 9.25. The predicted molar refractivity (Wildman–Crippen MR) is 114 cm³/mol. The number of benzene rings is 2. The van der Waals surface area contributed by atoms with E-state index < -0.39 is 23.6 Å². The number of rotatable bonds is 7. The number of nitrogens with one attached hydrogen (secondary N) is 1. The van der Waals surface area contributed by atoms with Gasteiger partial charge in [0.25, 0.3) is 5.89 Å². The van der Waals surface area contributed by atoms with Gasteiger partial charge in [0.15, 0.2) is 5.69 Å². The standard InChI is InChI=1S/C22H18F3N5O4/c1-30-17(13-5-3-2-4-6-13)12-16(28-30)20-27-19(29-34-20)14-7-8-18(15(11-14)22(23,24)25)33-10-9-26-21(31)32/h2-8,11-12,26H,9-10H2,1H3,(H,31,32). The number of nitrogens with zero attached hydrogens (tertiary/aromatic N) is 4. The maximum Gasteiger partial charge on any atom is 0.419 e. The molecular weight excluding hydrogens is 455 g/mol. The number of halogens is 3. The van der Waals surface area contributed by atoms with Gasteiger partial charge in [0.05, 0.1) is 17.8 Å². The van der Waals surface area contributed by atoms with Crippen LogP contribution in [0.15, 0.2) is 59.1 Å². The summed E-state index contributed by atoms with van der Waals surface area (Å²) >= 11 is 0. The first kappa shape index (κ1) is 22.8. The van der Waals surface area contributed by atoms with Crippen LogP contribution in [0.2, 0.25) is 0 Å². The minimum atomic E-state index is -4.72. The van der Waals surface area contributed by atoms with Crippen molar-refractivity contribution < 1.29 is 32.3 Å². The first-order valence-electron chi connectivity index (χ1n) is 9.97. The quantitative estimate of drug-likeness (QED) is 0.381. The molecule has 0 saturated heterocycles. The lowest BCUT2D eigenvalue weighted by molar-refractivity contribution is -0.138. The molecule has 2 aromatic carbocycles. The molecule has 2 aromatic heterocycles. The smallest absolute Gasteiger partial charge is 0.419 e. The Labute approximate surface area is 190 Å². The third-order valence-corrected chi connectivity index (χ3v) is 4.77. The summed E-state index contributed by atoms with van der Waals surface area (Å²) in [5, 5.41) is 18.7. The fraction of sp³-hybridized carbons (Fsp3) is 0.182. The Morgan fingerprint density at radius 3 is 2.62 bits per heavy atom. The molecule has 0 radical (unpaired) electrons. The van der Waals surface area contributed by atoms with Crippen molar-refractivity contribution in [3.63, 3.8) is 0 Å². The van der Waals surface area contributed by atoms with Crippen LogP contribution in [-0.4, -0.2) is 44.3 Å². The van der Waals surface area contributed by atoms with Gasteiger partial charge < -0.3 is 19.7 Å². The number of alkyl halides is 3. The maximum atomic E-state index is 13.6. The molecule has 2 N–H and O–H groups in total. The van der Waals surface area contributed by atoms with E-state index in [1.807, 2.05) is 35.6 Å². The van der Waals surface area contributed by atoms with Crippen molar-refractivity contribution >= 4 is 6.09 Å². The molecule has 0 atom stereocenters. The summed E-state index contributed by atoms with van der Waals surface area (Å²) in [5.74, 6) is -0.433. The Balaban J connectivity index is 1.59. The molecule has 0 aliphatic heterocycles. The van der Waals surface area contributed by atoms with E-state index >= 15 is 0 Å². The van der Waals surface area contributed by atoms with Crippen molar-refractivity contribution in [3.8, 4) is 40.0 Å². The number of amides is 1. The van der Waals surface area contributed by atoms with Crippen LogP contribution in [0.5, 0.6) is 5.75 Å². The third-order valence-electron chi connectivity index (χ3n) is 4.77. The molecule has 0 aliphatic carbocycles. The van der Waals surface area contributed by atoms with Gasteiger partial charge in [-0.15, -0.1) is 0 Å². The normalized spacial score (nSPS) is 11.4. The minimum absolute atomic E-state index is 0.0495. The zero-order valence-corrected chi connectivity index (χ0v) is 17.7. The number of hydrogen-bond donors (Lipinski definition) is 2. The largest absolute Gasteiger partial charge is 0.491 e. The fourth-order valence-corrected chi connectivity index (χ4v) is 3.23. The van der Waals surface area contributed by atoms with Gasteiger partial charge in [-0.05, 0) is 29.8 Å². The number of ether oxygens (including phenoxy) is 1. The molecule has 0 aliphatic rings. The van der Waals surface area contributed by atoms with Crippen LogP contribution >= 0.6 is 0 Å². The van der Waals surface area contributed by atoms with Crippen LogP contribution in [0.25, 0.3) is 34.2 Å². The molecular formula is C22H18F3N5O4. The summed E-state index contributed by atoms with van der Waals surface area (Å²) in [6.45, 7) is -0.442. The molecule has 34 heavy (non-hydrogen) atoms. The highest BCUT2D eigenvalue weighted by Crippen LogP contribution is 2.38. The molecule has 9 nitrogen and oxygen atoms in total. The molecule has 0 bridgehead atoms. The summed E-state index contributed by atoms with van der Waals surface area (Å²) in [6, 6.07) is 14.6. The first-order chi connectivity index (χ1) is 16.2. The maximum absolute atomic E-state index is 13.6. The molecule has 12 heteroatoms. The molecule has 0 saturated carbocycles. The predicted octanol–water partition coefficient (Wildman–Crippen LogP) is 4.47. The van der Waals surface area contributed by atoms with Crippen LogP contribution in [-0.2, 0) is 13.2 Å². The van der Waals surface area contributed by atoms with E-state index in [0.29, 0.717) is 5.69 Å². The molecule has 4 aromatic rings. The van der Waals surface area contributed by atoms with E-state index in [1.54, 1.807) is 17.8 Å². The van der Waals surface area contributed by atoms with Crippen molar-refractivity contribution in [2.45, 2.75) is 6.18 Å². The summed E-state index contributed by atoms with van der Waals surface area (Å²) < 4.78 is 52.8. The van der Waals surface area contributed by atoms with Crippen molar-refractivity contribution in [3.05, 3.63) is 60.2 Å². The SMILES string of the molecule is Cn1nc(-c2nc(-c3ccc(OCCNC(=O)O)c(C(F)(F)F)c3)no2)cc1-c1ccccc1. The average Bonchev–Trinajstić information content (AvgIpc) is 3.43. The number of aromatic nitrogens is 4. The highest BCUT2D eigenvalue weighted by molar-refractivity contribution is 5.66. The molecule has 0 spiro atoms. The fourth-order valence-electron chi connectivity index (χ4n) is 3.23. The van der Waals surface area contributed by atoms with Crippen molar-refractivity contribution in [2.75, 3.05) is 13.2 Å². The van der Waals surface area contributed by atoms with E-state index in [9.17, 15) is 18.0 Å². The monoisotopic (exact) mass is 473 g/mol. The zero-order valence-electron chi connectivity index (χ0n) is 17.7. The molecule has 0 fully saturated rings. The third kappa shape index (κ3) is 5.00. The Kier molecular flexibility index (Phi) is 6.21. The molecule has 176 valence electrons. The number of carboxylic acid groups (broad SMARTS) is 1. The summed E-state index contributed by atoms with van der Waals surface area (Å²) in [7, 11) is 1.75. The average molecular weight is 473 g/mol. The van der Waals surface area contributed by atoms with Gasteiger partial charge in [-0.25, -0.2) is 4.79 Å². The molecule has 1 amide bonds. The van der Waals surface area contributed by atoms with Gasteiger partial charge in [0, 0.05) is 12.6 Å². The van der Waals surface area contributed by atoms with Crippen LogP contribution in [0.3, 0.4) is 0 Å². The van der Waals surface area contributed by atoms with Gasteiger partial charge in [-0.2, -0.15) is 23.3 Å². The molecule has 4 rings (SSSR count). The highest BCUT2D eigenvalue weighted by atomic mass is 19.4. The lowest BCUT2D eigenvalue weighted by atomic mass is 10.1. The van der Waals surface area contributed by atoms with E-state index in [0.717, 1.165) is 23.4 Å². The Morgan fingerprint density at radius 1 is 1.15 bits per heavy atom. The lowest BCUT2D eigenvalue weighted by Crippen LogP contribution is -2.26. The second-order valence-corrected chi connectivity index (χ2v) is 7.12. The molecule has 2 heterocycles. The minimum Gasteiger partial charge on any atom is -0.491 e. The van der Waals surface area contributed by atoms with Gasteiger partial charge in [0.1, 0.15) is 12.4 Å². The highest BCUT2D eigenvalue weighted by Gasteiger charge is 2.35.